The molecule has 0 saturated carbocycles. The summed E-state index contributed by atoms with van der Waals surface area (Å²) in [5, 5.41) is 7.51. The molecule has 1 aliphatic heterocycles. The van der Waals surface area contributed by atoms with E-state index in [0.717, 1.165) is 11.8 Å². The van der Waals surface area contributed by atoms with Gasteiger partial charge in [-0.05, 0) is 48.5 Å². The van der Waals surface area contributed by atoms with Crippen molar-refractivity contribution in [2.45, 2.75) is 6.18 Å². The number of rotatable bonds is 6. The first-order chi connectivity index (χ1) is 17.8. The molecule has 1 fully saturated rings. The Bertz CT molecular complexity index is 1370. The van der Waals surface area contributed by atoms with Gasteiger partial charge in [-0.1, -0.05) is 0 Å². The average Bonchev–Trinajstić information content (AvgIpc) is 3.40. The Morgan fingerprint density at radius 2 is 1.70 bits per heavy atom. The predicted octanol–water partition coefficient (Wildman–Crippen LogP) is 4.39. The van der Waals surface area contributed by atoms with Crippen molar-refractivity contribution >= 4 is 23.3 Å². The zero-order valence-electron chi connectivity index (χ0n) is 20.3. The van der Waals surface area contributed by atoms with Crippen molar-refractivity contribution in [1.29, 1.82) is 0 Å². The summed E-state index contributed by atoms with van der Waals surface area (Å²) in [5.74, 6) is 0.866. The molecule has 2 aromatic carbocycles. The highest BCUT2D eigenvalue weighted by Gasteiger charge is 2.32. The van der Waals surface area contributed by atoms with E-state index in [1.165, 1.54) is 12.3 Å². The van der Waals surface area contributed by atoms with Gasteiger partial charge in [0.2, 0.25) is 11.9 Å². The third-order valence-corrected chi connectivity index (χ3v) is 5.84. The second-order valence-electron chi connectivity index (χ2n) is 8.69. The van der Waals surface area contributed by atoms with E-state index in [2.05, 4.69) is 25.4 Å². The maximum absolute atomic E-state index is 13.7. The minimum Gasteiger partial charge on any atom is -0.378 e. The monoisotopic (exact) mass is 510 g/mol. The summed E-state index contributed by atoms with van der Waals surface area (Å²) in [7, 11) is 3.73. The standard InChI is InChI=1S/C25H25F3N8O/c1-34(2)24-30-16-36(33-24)20-5-3-19(4-6-20)31-23-29-8-7-22(32-23)17-13-18(25(26,27)28)15-21(14-17)35-9-11-37-12-10-35/h3-8,13-16H,9-12H2,1-2H3,(H,29,31,32). The smallest absolute Gasteiger partial charge is 0.378 e. The van der Waals surface area contributed by atoms with Crippen molar-refractivity contribution < 1.29 is 17.9 Å². The first kappa shape index (κ1) is 24.5. The maximum atomic E-state index is 13.7. The van der Waals surface area contributed by atoms with Crippen LogP contribution in [0.3, 0.4) is 0 Å². The summed E-state index contributed by atoms with van der Waals surface area (Å²) in [5.41, 5.74) is 2.05. The van der Waals surface area contributed by atoms with Crippen LogP contribution in [0.1, 0.15) is 5.56 Å². The molecule has 2 aromatic heterocycles. The molecule has 5 rings (SSSR count). The van der Waals surface area contributed by atoms with Crippen LogP contribution in [0, 0.1) is 0 Å². The second kappa shape index (κ2) is 10.1. The lowest BCUT2D eigenvalue weighted by atomic mass is 10.0. The van der Waals surface area contributed by atoms with E-state index in [1.54, 1.807) is 23.1 Å². The summed E-state index contributed by atoms with van der Waals surface area (Å²) in [6.07, 6.45) is -1.33. The molecule has 1 aliphatic rings. The molecule has 0 bridgehead atoms. The van der Waals surface area contributed by atoms with Gasteiger partial charge < -0.3 is 19.9 Å². The van der Waals surface area contributed by atoms with Gasteiger partial charge in [-0.2, -0.15) is 18.2 Å². The summed E-state index contributed by atoms with van der Waals surface area (Å²) in [6.45, 7) is 2.00. The molecule has 1 saturated heterocycles. The molecule has 0 aliphatic carbocycles. The number of nitrogens with one attached hydrogen (secondary N) is 1. The van der Waals surface area contributed by atoms with Gasteiger partial charge in [0, 0.05) is 50.3 Å². The Morgan fingerprint density at radius 3 is 2.38 bits per heavy atom. The molecule has 3 heterocycles. The average molecular weight is 511 g/mol. The van der Waals surface area contributed by atoms with E-state index in [4.69, 9.17) is 4.74 Å². The lowest BCUT2D eigenvalue weighted by molar-refractivity contribution is -0.137. The minimum absolute atomic E-state index is 0.270. The van der Waals surface area contributed by atoms with Crippen molar-refractivity contribution in [2.75, 3.05) is 55.5 Å². The van der Waals surface area contributed by atoms with Crippen LogP contribution >= 0.6 is 0 Å². The fraction of sp³-hybridized carbons (Fsp3) is 0.280. The number of morpholine rings is 1. The summed E-state index contributed by atoms with van der Waals surface area (Å²) in [4.78, 5) is 16.7. The summed E-state index contributed by atoms with van der Waals surface area (Å²) >= 11 is 0. The second-order valence-corrected chi connectivity index (χ2v) is 8.69. The molecule has 0 radical (unpaired) electrons. The first-order valence-corrected chi connectivity index (χ1v) is 11.6. The number of aromatic nitrogens is 5. The first-order valence-electron chi connectivity index (χ1n) is 11.6. The SMILES string of the molecule is CN(C)c1ncn(-c2ccc(Nc3nccc(-c4cc(N5CCOCC5)cc(C(F)(F)F)c4)n3)cc2)n1. The van der Waals surface area contributed by atoms with E-state index in [1.807, 2.05) is 48.2 Å². The van der Waals surface area contributed by atoms with Crippen LogP contribution in [-0.2, 0) is 10.9 Å². The van der Waals surface area contributed by atoms with Crippen LogP contribution in [0.25, 0.3) is 16.9 Å². The highest BCUT2D eigenvalue weighted by Crippen LogP contribution is 2.36. The van der Waals surface area contributed by atoms with Gasteiger partial charge in [-0.15, -0.1) is 5.10 Å². The normalized spacial score (nSPS) is 14.0. The van der Waals surface area contributed by atoms with Crippen molar-refractivity contribution in [3.05, 3.63) is 66.6 Å². The Kier molecular flexibility index (Phi) is 6.66. The molecule has 37 heavy (non-hydrogen) atoms. The van der Waals surface area contributed by atoms with E-state index in [0.29, 0.717) is 54.9 Å². The molecule has 0 atom stereocenters. The number of alkyl halides is 3. The van der Waals surface area contributed by atoms with Crippen molar-refractivity contribution in [1.82, 2.24) is 24.7 Å². The molecular formula is C25H25F3N8O. The van der Waals surface area contributed by atoms with Crippen LogP contribution in [0.5, 0.6) is 0 Å². The van der Waals surface area contributed by atoms with Crippen LogP contribution < -0.4 is 15.1 Å². The number of anilines is 4. The number of ether oxygens (including phenoxy) is 1. The molecule has 0 amide bonds. The third kappa shape index (κ3) is 5.64. The van der Waals surface area contributed by atoms with Gasteiger partial charge in [-0.3, -0.25) is 0 Å². The Hall–Kier alpha value is -4.19. The molecule has 12 heteroatoms. The Morgan fingerprint density at radius 1 is 0.946 bits per heavy atom. The van der Waals surface area contributed by atoms with Gasteiger partial charge in [0.15, 0.2) is 0 Å². The summed E-state index contributed by atoms with van der Waals surface area (Å²) in [6, 6.07) is 13.0. The van der Waals surface area contributed by atoms with E-state index >= 15 is 0 Å². The number of hydrogen-bond acceptors (Lipinski definition) is 8. The van der Waals surface area contributed by atoms with Gasteiger partial charge >= 0.3 is 6.18 Å². The Labute approximate surface area is 211 Å². The maximum Gasteiger partial charge on any atom is 0.416 e. The molecule has 192 valence electrons. The molecular weight excluding hydrogens is 485 g/mol. The molecule has 4 aromatic rings. The number of nitrogens with zero attached hydrogens (tertiary/aromatic N) is 7. The highest BCUT2D eigenvalue weighted by molar-refractivity contribution is 5.69. The van der Waals surface area contributed by atoms with Crippen molar-refractivity contribution in [3.8, 4) is 16.9 Å². The van der Waals surface area contributed by atoms with E-state index in [-0.39, 0.29) is 5.95 Å². The van der Waals surface area contributed by atoms with Crippen molar-refractivity contribution in [2.24, 2.45) is 0 Å². The lowest BCUT2D eigenvalue weighted by Gasteiger charge is -2.29. The third-order valence-electron chi connectivity index (χ3n) is 5.84. The number of halogens is 3. The zero-order chi connectivity index (χ0) is 26.0. The summed E-state index contributed by atoms with van der Waals surface area (Å²) < 4.78 is 48.1. The number of benzene rings is 2. The predicted molar refractivity (Wildman–Crippen MR) is 134 cm³/mol. The Balaban J connectivity index is 1.39. The lowest BCUT2D eigenvalue weighted by Crippen LogP contribution is -2.36. The topological polar surface area (TPSA) is 84.2 Å². The minimum atomic E-state index is -4.48. The van der Waals surface area contributed by atoms with Crippen LogP contribution in [0.4, 0.5) is 36.4 Å². The van der Waals surface area contributed by atoms with Gasteiger partial charge in [0.05, 0.1) is 30.2 Å². The van der Waals surface area contributed by atoms with Crippen LogP contribution in [-0.4, -0.2) is 65.1 Å². The molecule has 0 spiro atoms. The van der Waals surface area contributed by atoms with E-state index in [9.17, 15) is 13.2 Å². The van der Waals surface area contributed by atoms with Gasteiger partial charge in [0.1, 0.15) is 6.33 Å². The quantitative estimate of drug-likeness (QED) is 0.409. The van der Waals surface area contributed by atoms with Crippen LogP contribution in [0.2, 0.25) is 0 Å². The largest absolute Gasteiger partial charge is 0.416 e. The molecule has 1 N–H and O–H groups in total. The van der Waals surface area contributed by atoms with Gasteiger partial charge in [0.25, 0.3) is 0 Å². The van der Waals surface area contributed by atoms with Crippen LogP contribution in [0.15, 0.2) is 61.1 Å². The number of hydrogen-bond donors (Lipinski definition) is 1. The van der Waals surface area contributed by atoms with Gasteiger partial charge in [-0.25, -0.2) is 14.6 Å². The molecule has 9 nitrogen and oxygen atoms in total. The van der Waals surface area contributed by atoms with E-state index < -0.39 is 11.7 Å². The highest BCUT2D eigenvalue weighted by atomic mass is 19.4. The molecule has 0 unspecified atom stereocenters. The van der Waals surface area contributed by atoms with Crippen molar-refractivity contribution in [3.63, 3.8) is 0 Å². The fourth-order valence-electron chi connectivity index (χ4n) is 3.92. The zero-order valence-corrected chi connectivity index (χ0v) is 20.3. The fourth-order valence-corrected chi connectivity index (χ4v) is 3.92.